The van der Waals surface area contributed by atoms with Crippen LogP contribution in [0.2, 0.25) is 0 Å². The SMILES string of the molecule is COC(=O)c1ccc(Oc2cc(C=O)ccc2OC)cc1OC. The first-order chi connectivity index (χ1) is 11.1. The molecule has 120 valence electrons. The Morgan fingerprint density at radius 3 is 2.26 bits per heavy atom. The third-order valence-electron chi connectivity index (χ3n) is 3.13. The maximum Gasteiger partial charge on any atom is 0.341 e. The highest BCUT2D eigenvalue weighted by atomic mass is 16.5. The molecule has 0 saturated carbocycles. The summed E-state index contributed by atoms with van der Waals surface area (Å²) in [5.41, 5.74) is 0.745. The van der Waals surface area contributed by atoms with Crippen LogP contribution in [-0.2, 0) is 4.74 Å². The van der Waals surface area contributed by atoms with Crippen LogP contribution in [0.3, 0.4) is 0 Å². The molecule has 0 aliphatic heterocycles. The van der Waals surface area contributed by atoms with Gasteiger partial charge in [-0.15, -0.1) is 0 Å². The Balaban J connectivity index is 2.37. The van der Waals surface area contributed by atoms with E-state index in [2.05, 4.69) is 4.74 Å². The summed E-state index contributed by atoms with van der Waals surface area (Å²) < 4.78 is 20.8. The highest BCUT2D eigenvalue weighted by Crippen LogP contribution is 2.34. The molecule has 0 heterocycles. The number of hydrogen-bond acceptors (Lipinski definition) is 6. The van der Waals surface area contributed by atoms with E-state index in [4.69, 9.17) is 14.2 Å². The monoisotopic (exact) mass is 316 g/mol. The van der Waals surface area contributed by atoms with Crippen molar-refractivity contribution >= 4 is 12.3 Å². The van der Waals surface area contributed by atoms with Gasteiger partial charge in [-0.2, -0.15) is 0 Å². The van der Waals surface area contributed by atoms with Gasteiger partial charge in [0, 0.05) is 11.6 Å². The lowest BCUT2D eigenvalue weighted by molar-refractivity contribution is 0.0597. The molecule has 23 heavy (non-hydrogen) atoms. The molecule has 0 spiro atoms. The number of methoxy groups -OCH3 is 3. The number of ether oxygens (including phenoxy) is 4. The fraction of sp³-hybridized carbons (Fsp3) is 0.176. The smallest absolute Gasteiger partial charge is 0.341 e. The Bertz CT molecular complexity index is 723. The molecular formula is C17H16O6. The van der Waals surface area contributed by atoms with Crippen molar-refractivity contribution < 1.29 is 28.5 Å². The molecule has 0 aliphatic carbocycles. The normalized spacial score (nSPS) is 9.87. The molecule has 0 fully saturated rings. The van der Waals surface area contributed by atoms with E-state index in [0.29, 0.717) is 34.8 Å². The van der Waals surface area contributed by atoms with Gasteiger partial charge in [0.2, 0.25) is 0 Å². The summed E-state index contributed by atoms with van der Waals surface area (Å²) in [7, 11) is 4.24. The molecule has 0 radical (unpaired) electrons. The molecule has 0 aromatic heterocycles. The molecule has 0 saturated heterocycles. The third kappa shape index (κ3) is 3.60. The van der Waals surface area contributed by atoms with E-state index in [0.717, 1.165) is 0 Å². The van der Waals surface area contributed by atoms with Gasteiger partial charge < -0.3 is 18.9 Å². The third-order valence-corrected chi connectivity index (χ3v) is 3.13. The van der Waals surface area contributed by atoms with Crippen LogP contribution in [0.5, 0.6) is 23.0 Å². The highest BCUT2D eigenvalue weighted by Gasteiger charge is 2.15. The Labute approximate surface area is 133 Å². The van der Waals surface area contributed by atoms with Crippen LogP contribution in [0, 0.1) is 0 Å². The van der Waals surface area contributed by atoms with Gasteiger partial charge in [-0.1, -0.05) is 0 Å². The summed E-state index contributed by atoms with van der Waals surface area (Å²) >= 11 is 0. The van der Waals surface area contributed by atoms with Gasteiger partial charge in [-0.05, 0) is 30.3 Å². The second-order valence-electron chi connectivity index (χ2n) is 4.48. The van der Waals surface area contributed by atoms with E-state index >= 15 is 0 Å². The van der Waals surface area contributed by atoms with Crippen molar-refractivity contribution in [2.75, 3.05) is 21.3 Å². The van der Waals surface area contributed by atoms with Crippen molar-refractivity contribution in [2.45, 2.75) is 0 Å². The van der Waals surface area contributed by atoms with Crippen LogP contribution in [0.15, 0.2) is 36.4 Å². The summed E-state index contributed by atoms with van der Waals surface area (Å²) in [6, 6.07) is 9.52. The van der Waals surface area contributed by atoms with Gasteiger partial charge in [-0.3, -0.25) is 4.79 Å². The predicted octanol–water partition coefficient (Wildman–Crippen LogP) is 3.10. The highest BCUT2D eigenvalue weighted by molar-refractivity contribution is 5.92. The second kappa shape index (κ2) is 7.31. The van der Waals surface area contributed by atoms with Crippen LogP contribution in [0.1, 0.15) is 20.7 Å². The molecule has 0 atom stereocenters. The van der Waals surface area contributed by atoms with Gasteiger partial charge in [0.1, 0.15) is 23.3 Å². The van der Waals surface area contributed by atoms with Gasteiger partial charge >= 0.3 is 5.97 Å². The number of esters is 1. The summed E-state index contributed by atoms with van der Waals surface area (Å²) in [6.45, 7) is 0. The van der Waals surface area contributed by atoms with Gasteiger partial charge in [0.15, 0.2) is 11.5 Å². The second-order valence-corrected chi connectivity index (χ2v) is 4.48. The molecule has 6 nitrogen and oxygen atoms in total. The lowest BCUT2D eigenvalue weighted by atomic mass is 10.2. The predicted molar refractivity (Wildman–Crippen MR) is 82.8 cm³/mol. The number of benzene rings is 2. The first kappa shape index (κ1) is 16.4. The van der Waals surface area contributed by atoms with Crippen molar-refractivity contribution in [3.8, 4) is 23.0 Å². The maximum atomic E-state index is 11.6. The topological polar surface area (TPSA) is 71.1 Å². The van der Waals surface area contributed by atoms with Crippen molar-refractivity contribution in [1.29, 1.82) is 0 Å². The quantitative estimate of drug-likeness (QED) is 0.602. The average Bonchev–Trinajstić information content (AvgIpc) is 2.60. The molecular weight excluding hydrogens is 300 g/mol. The van der Waals surface area contributed by atoms with E-state index in [-0.39, 0.29) is 5.56 Å². The van der Waals surface area contributed by atoms with Crippen LogP contribution in [-0.4, -0.2) is 33.6 Å². The van der Waals surface area contributed by atoms with E-state index in [1.54, 1.807) is 30.3 Å². The number of carbonyl (C=O) groups is 2. The van der Waals surface area contributed by atoms with Crippen molar-refractivity contribution in [3.05, 3.63) is 47.5 Å². The zero-order valence-electron chi connectivity index (χ0n) is 13.0. The number of carbonyl (C=O) groups excluding carboxylic acids is 2. The Morgan fingerprint density at radius 1 is 0.913 bits per heavy atom. The molecule has 0 aliphatic rings. The lowest BCUT2D eigenvalue weighted by Gasteiger charge is -2.13. The zero-order valence-corrected chi connectivity index (χ0v) is 13.0. The summed E-state index contributed by atoms with van der Waals surface area (Å²) in [5, 5.41) is 0. The summed E-state index contributed by atoms with van der Waals surface area (Å²) in [6.07, 6.45) is 0.716. The molecule has 0 unspecified atom stereocenters. The van der Waals surface area contributed by atoms with Crippen molar-refractivity contribution in [3.63, 3.8) is 0 Å². The van der Waals surface area contributed by atoms with Crippen LogP contribution < -0.4 is 14.2 Å². The molecule has 0 N–H and O–H groups in total. The van der Waals surface area contributed by atoms with Crippen LogP contribution in [0.25, 0.3) is 0 Å². The minimum Gasteiger partial charge on any atom is -0.496 e. The van der Waals surface area contributed by atoms with Crippen LogP contribution >= 0.6 is 0 Å². The first-order valence-corrected chi connectivity index (χ1v) is 6.70. The van der Waals surface area contributed by atoms with Crippen LogP contribution in [0.4, 0.5) is 0 Å². The molecule has 0 bridgehead atoms. The lowest BCUT2D eigenvalue weighted by Crippen LogP contribution is -2.04. The van der Waals surface area contributed by atoms with Crippen molar-refractivity contribution in [2.24, 2.45) is 0 Å². The van der Waals surface area contributed by atoms with Gasteiger partial charge in [0.05, 0.1) is 21.3 Å². The van der Waals surface area contributed by atoms with E-state index < -0.39 is 5.97 Å². The summed E-state index contributed by atoms with van der Waals surface area (Å²) in [5.74, 6) is 1.10. The molecule has 0 amide bonds. The van der Waals surface area contributed by atoms with Gasteiger partial charge in [0.25, 0.3) is 0 Å². The largest absolute Gasteiger partial charge is 0.496 e. The fourth-order valence-electron chi connectivity index (χ4n) is 1.99. The minimum atomic E-state index is -0.506. The molecule has 2 rings (SSSR count). The van der Waals surface area contributed by atoms with Gasteiger partial charge in [-0.25, -0.2) is 4.79 Å². The zero-order chi connectivity index (χ0) is 16.8. The Hall–Kier alpha value is -3.02. The first-order valence-electron chi connectivity index (χ1n) is 6.70. The maximum absolute atomic E-state index is 11.6. The minimum absolute atomic E-state index is 0.288. The Kier molecular flexibility index (Phi) is 5.19. The van der Waals surface area contributed by atoms with Crippen molar-refractivity contribution in [1.82, 2.24) is 0 Å². The molecule has 2 aromatic rings. The van der Waals surface area contributed by atoms with E-state index in [1.807, 2.05) is 0 Å². The number of aldehydes is 1. The molecule has 6 heteroatoms. The number of hydrogen-bond donors (Lipinski definition) is 0. The Morgan fingerprint density at radius 2 is 1.65 bits per heavy atom. The molecule has 2 aromatic carbocycles. The van der Waals surface area contributed by atoms with E-state index in [9.17, 15) is 9.59 Å². The number of rotatable bonds is 6. The summed E-state index contributed by atoms with van der Waals surface area (Å²) in [4.78, 5) is 22.5. The fourth-order valence-corrected chi connectivity index (χ4v) is 1.99. The van der Waals surface area contributed by atoms with E-state index in [1.165, 1.54) is 27.4 Å². The average molecular weight is 316 g/mol. The standard InChI is InChI=1S/C17H16O6/c1-20-14-7-4-11(10-18)8-16(14)23-12-5-6-13(17(19)22-3)15(9-12)21-2/h4-10H,1-3H3.